The number of halogens is 1. The van der Waals surface area contributed by atoms with Crippen molar-refractivity contribution in [2.45, 2.75) is 46.6 Å². The van der Waals surface area contributed by atoms with Gasteiger partial charge in [0.15, 0.2) is 0 Å². The Labute approximate surface area is 132 Å². The second-order valence-corrected chi connectivity index (χ2v) is 5.76. The molecule has 1 rings (SSSR count). The van der Waals surface area contributed by atoms with E-state index in [1.165, 1.54) is 6.20 Å². The zero-order chi connectivity index (χ0) is 15.8. The highest BCUT2D eigenvalue weighted by Crippen LogP contribution is 2.15. The van der Waals surface area contributed by atoms with Gasteiger partial charge in [0, 0.05) is 17.9 Å². The summed E-state index contributed by atoms with van der Waals surface area (Å²) in [5.74, 6) is -0.150. The van der Waals surface area contributed by atoms with Crippen molar-refractivity contribution in [1.82, 2.24) is 15.2 Å². The van der Waals surface area contributed by atoms with Crippen molar-refractivity contribution >= 4 is 17.5 Å². The summed E-state index contributed by atoms with van der Waals surface area (Å²) in [5.41, 5.74) is 1.25. The summed E-state index contributed by atoms with van der Waals surface area (Å²) in [6.07, 6.45) is 3.57. The summed E-state index contributed by atoms with van der Waals surface area (Å²) < 4.78 is 0. The van der Waals surface area contributed by atoms with Crippen molar-refractivity contribution in [3.05, 3.63) is 28.5 Å². The molecule has 0 bridgehead atoms. The largest absolute Gasteiger partial charge is 0.349 e. The monoisotopic (exact) mass is 311 g/mol. The van der Waals surface area contributed by atoms with Gasteiger partial charge < -0.3 is 10.2 Å². The lowest BCUT2D eigenvalue weighted by molar-refractivity contribution is 0.0937. The van der Waals surface area contributed by atoms with E-state index in [1.807, 2.05) is 13.8 Å². The van der Waals surface area contributed by atoms with Gasteiger partial charge in [-0.15, -0.1) is 0 Å². The van der Waals surface area contributed by atoms with Crippen LogP contribution in [0.4, 0.5) is 0 Å². The van der Waals surface area contributed by atoms with Crippen molar-refractivity contribution in [2.24, 2.45) is 0 Å². The molecular formula is C16H26ClN3O. The van der Waals surface area contributed by atoms with Crippen LogP contribution in [0.1, 0.15) is 49.7 Å². The third-order valence-electron chi connectivity index (χ3n) is 3.62. The fourth-order valence-electron chi connectivity index (χ4n) is 2.23. The van der Waals surface area contributed by atoms with E-state index in [-0.39, 0.29) is 11.9 Å². The lowest BCUT2D eigenvalue weighted by Crippen LogP contribution is -2.34. The Kier molecular flexibility index (Phi) is 7.68. The molecule has 1 aromatic heterocycles. The van der Waals surface area contributed by atoms with E-state index in [1.54, 1.807) is 6.07 Å². The number of rotatable bonds is 8. The molecule has 0 aromatic carbocycles. The summed E-state index contributed by atoms with van der Waals surface area (Å²) in [6, 6.07) is 1.84. The fourth-order valence-corrected chi connectivity index (χ4v) is 2.52. The number of hydrogen-bond donors (Lipinski definition) is 1. The second-order valence-electron chi connectivity index (χ2n) is 5.35. The predicted octanol–water partition coefficient (Wildman–Crippen LogP) is 3.28. The van der Waals surface area contributed by atoms with Crippen LogP contribution < -0.4 is 5.32 Å². The normalized spacial score (nSPS) is 12.5. The first kappa shape index (κ1) is 17.9. The standard InChI is InChI=1S/C16H26ClN3O/c1-5-20(6-2)9-7-8-12(3)19-16(21)14-11-18-13(4)10-15(14)17/h10-12H,5-9H2,1-4H3,(H,19,21). The van der Waals surface area contributed by atoms with E-state index in [4.69, 9.17) is 11.6 Å². The van der Waals surface area contributed by atoms with Gasteiger partial charge in [-0.3, -0.25) is 9.78 Å². The molecule has 0 aliphatic carbocycles. The van der Waals surface area contributed by atoms with Crippen LogP contribution in [-0.4, -0.2) is 41.5 Å². The van der Waals surface area contributed by atoms with Crippen LogP contribution in [0, 0.1) is 6.92 Å². The summed E-state index contributed by atoms with van der Waals surface area (Å²) in [4.78, 5) is 18.7. The third kappa shape index (κ3) is 6.02. The zero-order valence-electron chi connectivity index (χ0n) is 13.4. The third-order valence-corrected chi connectivity index (χ3v) is 3.93. The Morgan fingerprint density at radius 3 is 2.67 bits per heavy atom. The van der Waals surface area contributed by atoms with Gasteiger partial charge in [0.05, 0.1) is 10.6 Å². The van der Waals surface area contributed by atoms with Crippen LogP contribution in [0.25, 0.3) is 0 Å². The van der Waals surface area contributed by atoms with E-state index in [2.05, 4.69) is 29.0 Å². The summed E-state index contributed by atoms with van der Waals surface area (Å²) in [5, 5.41) is 3.44. The minimum absolute atomic E-state index is 0.130. The van der Waals surface area contributed by atoms with Crippen molar-refractivity contribution in [3.63, 3.8) is 0 Å². The van der Waals surface area contributed by atoms with Gasteiger partial charge in [-0.2, -0.15) is 0 Å². The topological polar surface area (TPSA) is 45.2 Å². The minimum Gasteiger partial charge on any atom is -0.349 e. The molecule has 1 aromatic rings. The highest BCUT2D eigenvalue weighted by molar-refractivity contribution is 6.33. The quantitative estimate of drug-likeness (QED) is 0.801. The van der Waals surface area contributed by atoms with Crippen LogP contribution >= 0.6 is 11.6 Å². The van der Waals surface area contributed by atoms with Crippen LogP contribution in [0.15, 0.2) is 12.3 Å². The molecule has 1 unspecified atom stereocenters. The molecule has 0 saturated carbocycles. The molecule has 0 aliphatic heterocycles. The molecule has 1 atom stereocenters. The van der Waals surface area contributed by atoms with Gasteiger partial charge in [0.2, 0.25) is 0 Å². The average molecular weight is 312 g/mol. The molecule has 1 heterocycles. The Morgan fingerprint density at radius 2 is 2.10 bits per heavy atom. The van der Waals surface area contributed by atoms with E-state index in [0.29, 0.717) is 10.6 Å². The van der Waals surface area contributed by atoms with Crippen LogP contribution in [0.2, 0.25) is 5.02 Å². The molecule has 0 radical (unpaired) electrons. The van der Waals surface area contributed by atoms with Crippen molar-refractivity contribution in [3.8, 4) is 0 Å². The number of hydrogen-bond acceptors (Lipinski definition) is 3. The molecule has 0 spiro atoms. The lowest BCUT2D eigenvalue weighted by atomic mass is 10.1. The minimum atomic E-state index is -0.150. The number of pyridine rings is 1. The van der Waals surface area contributed by atoms with Crippen molar-refractivity contribution in [2.75, 3.05) is 19.6 Å². The maximum absolute atomic E-state index is 12.2. The molecule has 0 aliphatic rings. The summed E-state index contributed by atoms with van der Waals surface area (Å²) in [6.45, 7) is 11.4. The maximum atomic E-state index is 12.2. The number of carbonyl (C=O) groups excluding carboxylic acids is 1. The molecule has 21 heavy (non-hydrogen) atoms. The van der Waals surface area contributed by atoms with E-state index in [9.17, 15) is 4.79 Å². The Bertz CT molecular complexity index is 461. The van der Waals surface area contributed by atoms with Crippen LogP contribution in [0.5, 0.6) is 0 Å². The Morgan fingerprint density at radius 1 is 1.43 bits per heavy atom. The van der Waals surface area contributed by atoms with Crippen molar-refractivity contribution in [1.29, 1.82) is 0 Å². The SMILES string of the molecule is CCN(CC)CCCC(C)NC(=O)c1cnc(C)cc1Cl. The molecule has 0 fully saturated rings. The average Bonchev–Trinajstić information content (AvgIpc) is 2.43. The first-order valence-electron chi connectivity index (χ1n) is 7.63. The molecule has 5 heteroatoms. The molecule has 118 valence electrons. The number of carbonyl (C=O) groups is 1. The number of aryl methyl sites for hydroxylation is 1. The number of aromatic nitrogens is 1. The molecule has 0 saturated heterocycles. The number of nitrogens with one attached hydrogen (secondary N) is 1. The van der Waals surface area contributed by atoms with Gasteiger partial charge >= 0.3 is 0 Å². The van der Waals surface area contributed by atoms with Gasteiger partial charge in [-0.1, -0.05) is 25.4 Å². The van der Waals surface area contributed by atoms with E-state index < -0.39 is 0 Å². The smallest absolute Gasteiger partial charge is 0.254 e. The molecule has 1 N–H and O–H groups in total. The summed E-state index contributed by atoms with van der Waals surface area (Å²) >= 11 is 6.08. The first-order valence-corrected chi connectivity index (χ1v) is 8.01. The Balaban J connectivity index is 2.43. The van der Waals surface area contributed by atoms with Gasteiger partial charge in [0.1, 0.15) is 0 Å². The Hall–Kier alpha value is -1.13. The van der Waals surface area contributed by atoms with Crippen molar-refractivity contribution < 1.29 is 4.79 Å². The number of nitrogens with zero attached hydrogens (tertiary/aromatic N) is 2. The van der Waals surface area contributed by atoms with Gasteiger partial charge in [-0.25, -0.2) is 0 Å². The molecular weight excluding hydrogens is 286 g/mol. The number of amides is 1. The maximum Gasteiger partial charge on any atom is 0.254 e. The summed E-state index contributed by atoms with van der Waals surface area (Å²) in [7, 11) is 0. The highest BCUT2D eigenvalue weighted by atomic mass is 35.5. The fraction of sp³-hybridized carbons (Fsp3) is 0.625. The van der Waals surface area contributed by atoms with E-state index >= 15 is 0 Å². The van der Waals surface area contributed by atoms with Crippen LogP contribution in [-0.2, 0) is 0 Å². The lowest BCUT2D eigenvalue weighted by Gasteiger charge is -2.20. The molecule has 1 amide bonds. The predicted molar refractivity (Wildman–Crippen MR) is 87.9 cm³/mol. The highest BCUT2D eigenvalue weighted by Gasteiger charge is 2.13. The van der Waals surface area contributed by atoms with Gasteiger partial charge in [-0.05, 0) is 52.4 Å². The zero-order valence-corrected chi connectivity index (χ0v) is 14.2. The molecule has 4 nitrogen and oxygen atoms in total. The first-order chi connectivity index (χ1) is 9.97. The van der Waals surface area contributed by atoms with E-state index in [0.717, 1.165) is 38.2 Å². The van der Waals surface area contributed by atoms with Crippen LogP contribution in [0.3, 0.4) is 0 Å². The van der Waals surface area contributed by atoms with Gasteiger partial charge in [0.25, 0.3) is 5.91 Å². The second kappa shape index (κ2) is 9.00.